The van der Waals surface area contributed by atoms with Crippen molar-refractivity contribution in [2.75, 3.05) is 13.1 Å². The molecule has 2 fully saturated rings. The van der Waals surface area contributed by atoms with E-state index in [0.29, 0.717) is 6.04 Å². The molecule has 3 heterocycles. The number of hydrogen-bond acceptors (Lipinski definition) is 4. The molecule has 21 heavy (non-hydrogen) atoms. The van der Waals surface area contributed by atoms with Crippen molar-refractivity contribution in [1.29, 1.82) is 0 Å². The number of halogens is 2. The van der Waals surface area contributed by atoms with E-state index in [1.165, 1.54) is 25.3 Å². The molecular formula is C15H19ClFN3S. The van der Waals surface area contributed by atoms with Crippen molar-refractivity contribution < 1.29 is 4.39 Å². The van der Waals surface area contributed by atoms with Gasteiger partial charge in [-0.2, -0.15) is 0 Å². The second-order valence-electron chi connectivity index (χ2n) is 5.88. The molecule has 2 aliphatic rings. The number of thiazole rings is 1. The molecule has 2 aliphatic heterocycles. The van der Waals surface area contributed by atoms with Gasteiger partial charge in [-0.1, -0.05) is 0 Å². The molecule has 114 valence electrons. The zero-order chi connectivity index (χ0) is 13.5. The molecule has 1 aromatic heterocycles. The number of likely N-dealkylation sites (tertiary alicyclic amines) is 1. The highest BCUT2D eigenvalue weighted by Crippen LogP contribution is 2.26. The molecule has 4 rings (SSSR count). The lowest BCUT2D eigenvalue weighted by molar-refractivity contribution is 0.251. The Morgan fingerprint density at radius 1 is 1.29 bits per heavy atom. The molecule has 2 saturated heterocycles. The van der Waals surface area contributed by atoms with Gasteiger partial charge in [-0.05, 0) is 37.5 Å². The monoisotopic (exact) mass is 327 g/mol. The van der Waals surface area contributed by atoms with Crippen LogP contribution in [0.2, 0.25) is 0 Å². The van der Waals surface area contributed by atoms with Gasteiger partial charge in [0.1, 0.15) is 10.8 Å². The largest absolute Gasteiger partial charge is 0.310 e. The van der Waals surface area contributed by atoms with Crippen LogP contribution in [0.3, 0.4) is 0 Å². The van der Waals surface area contributed by atoms with Gasteiger partial charge in [0, 0.05) is 25.2 Å². The van der Waals surface area contributed by atoms with Gasteiger partial charge in [0.05, 0.1) is 16.8 Å². The lowest BCUT2D eigenvalue weighted by Crippen LogP contribution is -2.34. The number of rotatable bonds is 2. The molecule has 2 atom stereocenters. The normalized spacial score (nSPS) is 25.8. The van der Waals surface area contributed by atoms with Crippen LogP contribution in [-0.2, 0) is 6.54 Å². The number of benzene rings is 1. The summed E-state index contributed by atoms with van der Waals surface area (Å²) in [6.07, 6.45) is 3.86. The Balaban J connectivity index is 0.00000132. The van der Waals surface area contributed by atoms with Crippen LogP contribution in [0.5, 0.6) is 0 Å². The Morgan fingerprint density at radius 2 is 2.14 bits per heavy atom. The van der Waals surface area contributed by atoms with E-state index in [2.05, 4.69) is 15.2 Å². The van der Waals surface area contributed by atoms with E-state index in [1.807, 2.05) is 0 Å². The van der Waals surface area contributed by atoms with Gasteiger partial charge in [-0.15, -0.1) is 23.7 Å². The molecule has 2 aromatic rings. The summed E-state index contributed by atoms with van der Waals surface area (Å²) in [6, 6.07) is 6.21. The Bertz CT molecular complexity index is 632. The van der Waals surface area contributed by atoms with Crippen molar-refractivity contribution in [3.05, 3.63) is 29.0 Å². The number of nitrogens with one attached hydrogen (secondary N) is 1. The second-order valence-corrected chi connectivity index (χ2v) is 7.00. The fourth-order valence-corrected chi connectivity index (χ4v) is 4.40. The van der Waals surface area contributed by atoms with Crippen molar-refractivity contribution in [3.63, 3.8) is 0 Å². The maximum Gasteiger partial charge on any atom is 0.124 e. The molecule has 6 heteroatoms. The Morgan fingerprint density at radius 3 is 3.05 bits per heavy atom. The van der Waals surface area contributed by atoms with E-state index in [0.717, 1.165) is 40.9 Å². The van der Waals surface area contributed by atoms with E-state index in [1.54, 1.807) is 23.5 Å². The minimum atomic E-state index is -0.177. The molecule has 0 aliphatic carbocycles. The predicted molar refractivity (Wildman–Crippen MR) is 86.7 cm³/mol. The molecule has 1 N–H and O–H groups in total. The average molecular weight is 328 g/mol. The first-order valence-corrected chi connectivity index (χ1v) is 8.11. The Hall–Kier alpha value is -0.750. The molecule has 2 unspecified atom stereocenters. The Labute approximate surface area is 134 Å². The van der Waals surface area contributed by atoms with Gasteiger partial charge in [0.2, 0.25) is 0 Å². The van der Waals surface area contributed by atoms with Crippen LogP contribution in [0.4, 0.5) is 4.39 Å². The van der Waals surface area contributed by atoms with Gasteiger partial charge in [0.25, 0.3) is 0 Å². The minimum absolute atomic E-state index is 0. The van der Waals surface area contributed by atoms with Crippen LogP contribution in [0.1, 0.15) is 24.3 Å². The molecule has 0 amide bonds. The van der Waals surface area contributed by atoms with Crippen LogP contribution in [0.25, 0.3) is 10.2 Å². The lowest BCUT2D eigenvalue weighted by Gasteiger charge is -2.22. The zero-order valence-electron chi connectivity index (χ0n) is 11.7. The van der Waals surface area contributed by atoms with Crippen molar-refractivity contribution in [3.8, 4) is 0 Å². The predicted octanol–water partition coefficient (Wildman–Crippen LogP) is 3.18. The van der Waals surface area contributed by atoms with Crippen LogP contribution < -0.4 is 5.32 Å². The number of aromatic nitrogens is 1. The minimum Gasteiger partial charge on any atom is -0.310 e. The maximum atomic E-state index is 13.2. The zero-order valence-corrected chi connectivity index (χ0v) is 13.4. The molecule has 3 nitrogen and oxygen atoms in total. The summed E-state index contributed by atoms with van der Waals surface area (Å²) >= 11 is 1.62. The maximum absolute atomic E-state index is 13.2. The topological polar surface area (TPSA) is 28.2 Å². The van der Waals surface area contributed by atoms with E-state index in [4.69, 9.17) is 0 Å². The van der Waals surface area contributed by atoms with E-state index in [-0.39, 0.29) is 18.2 Å². The third kappa shape index (κ3) is 3.21. The molecule has 2 bridgehead atoms. The fraction of sp³-hybridized carbons (Fsp3) is 0.533. The Kier molecular flexibility index (Phi) is 4.45. The summed E-state index contributed by atoms with van der Waals surface area (Å²) in [6.45, 7) is 3.14. The quantitative estimate of drug-likeness (QED) is 0.918. The molecule has 0 saturated carbocycles. The van der Waals surface area contributed by atoms with E-state index in [9.17, 15) is 4.39 Å². The van der Waals surface area contributed by atoms with Gasteiger partial charge in [-0.3, -0.25) is 4.90 Å². The van der Waals surface area contributed by atoms with Crippen LogP contribution in [0.15, 0.2) is 18.2 Å². The standard InChI is InChI=1S/C15H18FN3S.ClH/c16-10-1-4-13-14(7-10)20-15(18-13)9-19-6-5-11-2-3-12(8-19)17-11;/h1,4,7,11-12,17H,2-3,5-6,8-9H2;1H. The van der Waals surface area contributed by atoms with Gasteiger partial charge in [-0.25, -0.2) is 9.37 Å². The van der Waals surface area contributed by atoms with Gasteiger partial charge >= 0.3 is 0 Å². The van der Waals surface area contributed by atoms with E-state index < -0.39 is 0 Å². The summed E-state index contributed by atoms with van der Waals surface area (Å²) in [5, 5.41) is 4.79. The third-order valence-corrected chi connectivity index (χ3v) is 5.36. The summed E-state index contributed by atoms with van der Waals surface area (Å²) < 4.78 is 14.2. The SMILES string of the molecule is Cl.Fc1ccc2nc(CN3CCC4CCC(C3)N4)sc2c1. The summed E-state index contributed by atoms with van der Waals surface area (Å²) in [5.74, 6) is -0.177. The third-order valence-electron chi connectivity index (χ3n) is 4.36. The molecule has 1 aromatic carbocycles. The molecule has 0 spiro atoms. The highest BCUT2D eigenvalue weighted by atomic mass is 35.5. The van der Waals surface area contributed by atoms with E-state index >= 15 is 0 Å². The molecular weight excluding hydrogens is 309 g/mol. The number of hydrogen-bond donors (Lipinski definition) is 1. The summed E-state index contributed by atoms with van der Waals surface area (Å²) in [7, 11) is 0. The van der Waals surface area contributed by atoms with Crippen molar-refractivity contribution in [2.24, 2.45) is 0 Å². The second kappa shape index (κ2) is 6.16. The first kappa shape index (κ1) is 15.2. The summed E-state index contributed by atoms with van der Waals surface area (Å²) in [4.78, 5) is 7.12. The first-order valence-electron chi connectivity index (χ1n) is 7.30. The number of fused-ring (bicyclic) bond motifs is 3. The average Bonchev–Trinajstić information content (AvgIpc) is 2.95. The number of nitrogens with zero attached hydrogens (tertiary/aromatic N) is 2. The fourth-order valence-electron chi connectivity index (χ4n) is 3.36. The van der Waals surface area contributed by atoms with Crippen LogP contribution >= 0.6 is 23.7 Å². The van der Waals surface area contributed by atoms with Crippen LogP contribution in [-0.4, -0.2) is 35.1 Å². The van der Waals surface area contributed by atoms with Crippen molar-refractivity contribution in [1.82, 2.24) is 15.2 Å². The first-order chi connectivity index (χ1) is 9.76. The lowest BCUT2D eigenvalue weighted by atomic mass is 10.1. The molecule has 0 radical (unpaired) electrons. The van der Waals surface area contributed by atoms with Gasteiger partial charge < -0.3 is 5.32 Å². The van der Waals surface area contributed by atoms with Crippen LogP contribution in [0, 0.1) is 5.82 Å². The van der Waals surface area contributed by atoms with Crippen molar-refractivity contribution >= 4 is 34.0 Å². The highest BCUT2D eigenvalue weighted by Gasteiger charge is 2.29. The smallest absolute Gasteiger partial charge is 0.124 e. The summed E-state index contributed by atoms with van der Waals surface area (Å²) in [5.41, 5.74) is 0.917. The van der Waals surface area contributed by atoms with Crippen molar-refractivity contribution in [2.45, 2.75) is 37.9 Å². The highest BCUT2D eigenvalue weighted by molar-refractivity contribution is 7.18. The van der Waals surface area contributed by atoms with Gasteiger partial charge in [0.15, 0.2) is 0 Å².